The molecule has 0 radical (unpaired) electrons. The second-order valence-electron chi connectivity index (χ2n) is 6.03. The molecule has 0 aromatic heterocycles. The molecular formula is C14H26N2O. The molecule has 1 N–H and O–H groups in total. The molecule has 2 aliphatic heterocycles. The third-order valence-corrected chi connectivity index (χ3v) is 4.55. The summed E-state index contributed by atoms with van der Waals surface area (Å²) in [5.41, 5.74) is 0. The Morgan fingerprint density at radius 3 is 2.94 bits per heavy atom. The Balaban J connectivity index is 1.27. The molecule has 2 atom stereocenters. The number of ether oxygens (including phenoxy) is 1. The van der Waals surface area contributed by atoms with Crippen LogP contribution in [0.2, 0.25) is 0 Å². The predicted molar refractivity (Wildman–Crippen MR) is 69.2 cm³/mol. The minimum absolute atomic E-state index is 0.749. The molecule has 3 heteroatoms. The lowest BCUT2D eigenvalue weighted by Crippen LogP contribution is -2.46. The van der Waals surface area contributed by atoms with Crippen LogP contribution in [0.4, 0.5) is 0 Å². The predicted octanol–water partition coefficient (Wildman–Crippen LogP) is 1.63. The minimum atomic E-state index is 0.749. The van der Waals surface area contributed by atoms with Crippen molar-refractivity contribution in [3.8, 4) is 0 Å². The average Bonchev–Trinajstić information content (AvgIpc) is 3.05. The van der Waals surface area contributed by atoms with Gasteiger partial charge in [0.15, 0.2) is 0 Å². The zero-order chi connectivity index (χ0) is 11.5. The van der Waals surface area contributed by atoms with E-state index in [0.717, 1.165) is 37.8 Å². The van der Waals surface area contributed by atoms with E-state index < -0.39 is 0 Å². The summed E-state index contributed by atoms with van der Waals surface area (Å²) in [7, 11) is 0. The highest BCUT2D eigenvalue weighted by molar-refractivity contribution is 4.89. The minimum Gasteiger partial charge on any atom is -0.380 e. The van der Waals surface area contributed by atoms with Crippen molar-refractivity contribution < 1.29 is 4.74 Å². The van der Waals surface area contributed by atoms with Crippen molar-refractivity contribution in [3.63, 3.8) is 0 Å². The highest BCUT2D eigenvalue weighted by atomic mass is 16.5. The van der Waals surface area contributed by atoms with Crippen LogP contribution in [-0.2, 0) is 4.74 Å². The van der Waals surface area contributed by atoms with Gasteiger partial charge < -0.3 is 15.0 Å². The van der Waals surface area contributed by atoms with Crippen LogP contribution in [0.3, 0.4) is 0 Å². The number of piperidine rings is 1. The monoisotopic (exact) mass is 238 g/mol. The van der Waals surface area contributed by atoms with Crippen molar-refractivity contribution in [2.24, 2.45) is 5.92 Å². The molecule has 0 aromatic carbocycles. The molecule has 1 aliphatic carbocycles. The van der Waals surface area contributed by atoms with Crippen LogP contribution >= 0.6 is 0 Å². The van der Waals surface area contributed by atoms with Gasteiger partial charge in [0.2, 0.25) is 0 Å². The molecule has 0 bridgehead atoms. The fourth-order valence-corrected chi connectivity index (χ4v) is 3.28. The van der Waals surface area contributed by atoms with Gasteiger partial charge in [-0.25, -0.2) is 0 Å². The van der Waals surface area contributed by atoms with Gasteiger partial charge >= 0.3 is 0 Å². The van der Waals surface area contributed by atoms with Crippen molar-refractivity contribution in [1.82, 2.24) is 10.2 Å². The van der Waals surface area contributed by atoms with E-state index in [0.29, 0.717) is 0 Å². The summed E-state index contributed by atoms with van der Waals surface area (Å²) < 4.78 is 5.66. The van der Waals surface area contributed by atoms with Crippen LogP contribution in [0.15, 0.2) is 0 Å². The van der Waals surface area contributed by atoms with E-state index in [-0.39, 0.29) is 0 Å². The molecule has 3 rings (SSSR count). The van der Waals surface area contributed by atoms with E-state index in [1.165, 1.54) is 51.6 Å². The number of rotatable bonds is 6. The van der Waals surface area contributed by atoms with Crippen LogP contribution < -0.4 is 5.32 Å². The SMILES string of the molecule is C1CC2CC(NCCOCC3CC3)CCN2C1. The fourth-order valence-electron chi connectivity index (χ4n) is 3.28. The van der Waals surface area contributed by atoms with Crippen LogP contribution in [0, 0.1) is 5.92 Å². The zero-order valence-corrected chi connectivity index (χ0v) is 10.9. The topological polar surface area (TPSA) is 24.5 Å². The zero-order valence-electron chi connectivity index (χ0n) is 10.9. The Bertz CT molecular complexity index is 242. The average molecular weight is 238 g/mol. The Morgan fingerprint density at radius 1 is 1.12 bits per heavy atom. The first-order valence-corrected chi connectivity index (χ1v) is 7.47. The van der Waals surface area contributed by atoms with Crippen molar-refractivity contribution >= 4 is 0 Å². The Labute approximate surface area is 105 Å². The molecule has 98 valence electrons. The van der Waals surface area contributed by atoms with Gasteiger partial charge in [0.05, 0.1) is 6.61 Å². The molecule has 0 spiro atoms. The van der Waals surface area contributed by atoms with Gasteiger partial charge in [0.1, 0.15) is 0 Å². The molecule has 2 unspecified atom stereocenters. The summed E-state index contributed by atoms with van der Waals surface area (Å²) in [6.07, 6.45) is 8.33. The summed E-state index contributed by atoms with van der Waals surface area (Å²) in [5.74, 6) is 0.900. The number of nitrogens with one attached hydrogen (secondary N) is 1. The van der Waals surface area contributed by atoms with E-state index in [2.05, 4.69) is 10.2 Å². The van der Waals surface area contributed by atoms with E-state index in [4.69, 9.17) is 4.74 Å². The van der Waals surface area contributed by atoms with E-state index in [1.54, 1.807) is 0 Å². The van der Waals surface area contributed by atoms with Gasteiger partial charge in [0.25, 0.3) is 0 Å². The third kappa shape index (κ3) is 3.43. The molecule has 17 heavy (non-hydrogen) atoms. The third-order valence-electron chi connectivity index (χ3n) is 4.55. The highest BCUT2D eigenvalue weighted by Crippen LogP contribution is 2.28. The van der Waals surface area contributed by atoms with Crippen LogP contribution in [-0.4, -0.2) is 49.8 Å². The summed E-state index contributed by atoms with van der Waals surface area (Å²) in [4.78, 5) is 2.68. The van der Waals surface area contributed by atoms with E-state index >= 15 is 0 Å². The molecule has 0 aromatic rings. The maximum Gasteiger partial charge on any atom is 0.0591 e. The molecule has 3 nitrogen and oxygen atoms in total. The Kier molecular flexibility index (Phi) is 3.99. The van der Waals surface area contributed by atoms with E-state index in [1.807, 2.05) is 0 Å². The number of hydrogen-bond acceptors (Lipinski definition) is 3. The lowest BCUT2D eigenvalue weighted by atomic mass is 9.98. The number of hydrogen-bond donors (Lipinski definition) is 1. The molecule has 2 saturated heterocycles. The quantitative estimate of drug-likeness (QED) is 0.712. The van der Waals surface area contributed by atoms with Gasteiger partial charge in [0, 0.05) is 25.2 Å². The van der Waals surface area contributed by atoms with Crippen LogP contribution in [0.1, 0.15) is 38.5 Å². The molecule has 3 fully saturated rings. The Hall–Kier alpha value is -0.120. The van der Waals surface area contributed by atoms with Gasteiger partial charge in [-0.3, -0.25) is 0 Å². The van der Waals surface area contributed by atoms with Gasteiger partial charge in [-0.05, 0) is 57.5 Å². The van der Waals surface area contributed by atoms with Crippen molar-refractivity contribution in [2.75, 3.05) is 32.8 Å². The second kappa shape index (κ2) is 5.68. The molecule has 0 amide bonds. The molecular weight excluding hydrogens is 212 g/mol. The summed E-state index contributed by atoms with van der Waals surface area (Å²) in [6, 6.07) is 1.63. The van der Waals surface area contributed by atoms with Crippen LogP contribution in [0.25, 0.3) is 0 Å². The highest BCUT2D eigenvalue weighted by Gasteiger charge is 2.31. The summed E-state index contributed by atoms with van der Waals surface area (Å²) in [6.45, 7) is 5.61. The number of nitrogens with zero attached hydrogens (tertiary/aromatic N) is 1. The first kappa shape index (κ1) is 11.9. The number of fused-ring (bicyclic) bond motifs is 1. The van der Waals surface area contributed by atoms with Crippen molar-refractivity contribution in [2.45, 2.75) is 50.6 Å². The fraction of sp³-hybridized carbons (Fsp3) is 1.00. The maximum atomic E-state index is 5.66. The first-order chi connectivity index (χ1) is 8.42. The molecule has 1 saturated carbocycles. The lowest BCUT2D eigenvalue weighted by Gasteiger charge is -2.35. The standard InChI is InChI=1S/C14H26N2O/c1-2-14-10-13(5-8-16(14)7-1)15-6-9-17-11-12-3-4-12/h12-15H,1-11H2. The van der Waals surface area contributed by atoms with Crippen molar-refractivity contribution in [3.05, 3.63) is 0 Å². The Morgan fingerprint density at radius 2 is 2.06 bits per heavy atom. The lowest BCUT2D eigenvalue weighted by molar-refractivity contribution is 0.115. The second-order valence-corrected chi connectivity index (χ2v) is 6.03. The maximum absolute atomic E-state index is 5.66. The molecule has 2 heterocycles. The van der Waals surface area contributed by atoms with Crippen LogP contribution in [0.5, 0.6) is 0 Å². The first-order valence-electron chi connectivity index (χ1n) is 7.47. The smallest absolute Gasteiger partial charge is 0.0591 e. The normalized spacial score (nSPS) is 33.9. The summed E-state index contributed by atoms with van der Waals surface area (Å²) in [5, 5.41) is 3.68. The van der Waals surface area contributed by atoms with Gasteiger partial charge in [-0.1, -0.05) is 0 Å². The van der Waals surface area contributed by atoms with E-state index in [9.17, 15) is 0 Å². The largest absolute Gasteiger partial charge is 0.380 e. The summed E-state index contributed by atoms with van der Waals surface area (Å²) >= 11 is 0. The van der Waals surface area contributed by atoms with Gasteiger partial charge in [-0.2, -0.15) is 0 Å². The van der Waals surface area contributed by atoms with Crippen molar-refractivity contribution in [1.29, 1.82) is 0 Å². The molecule has 3 aliphatic rings. The van der Waals surface area contributed by atoms with Gasteiger partial charge in [-0.15, -0.1) is 0 Å².